The predicted molar refractivity (Wildman–Crippen MR) is 120 cm³/mol. The van der Waals surface area contributed by atoms with Crippen molar-refractivity contribution in [3.8, 4) is 5.75 Å². The Hall–Kier alpha value is -2.29. The molecule has 2 aromatic carbocycles. The lowest BCUT2D eigenvalue weighted by molar-refractivity contribution is -0.145. The van der Waals surface area contributed by atoms with E-state index in [1.54, 1.807) is 0 Å². The van der Waals surface area contributed by atoms with E-state index in [9.17, 15) is 4.79 Å². The summed E-state index contributed by atoms with van der Waals surface area (Å²) in [5.41, 5.74) is 4.02. The molecule has 0 heterocycles. The Morgan fingerprint density at radius 3 is 2.60 bits per heavy atom. The van der Waals surface area contributed by atoms with E-state index in [0.717, 1.165) is 12.4 Å². The molecule has 2 aliphatic rings. The van der Waals surface area contributed by atoms with Gasteiger partial charge >= 0.3 is 5.97 Å². The molecule has 3 nitrogen and oxygen atoms in total. The lowest BCUT2D eigenvalue weighted by Gasteiger charge is -2.23. The highest BCUT2D eigenvalue weighted by atomic mass is 16.5. The molecule has 2 aliphatic carbocycles. The van der Waals surface area contributed by atoms with Crippen molar-refractivity contribution in [3.05, 3.63) is 65.2 Å². The van der Waals surface area contributed by atoms with Crippen LogP contribution in [0.2, 0.25) is 0 Å². The first-order valence-corrected chi connectivity index (χ1v) is 11.4. The molecule has 2 unspecified atom stereocenters. The Morgan fingerprint density at radius 1 is 1.07 bits per heavy atom. The fourth-order valence-electron chi connectivity index (χ4n) is 5.24. The predicted octanol–water partition coefficient (Wildman–Crippen LogP) is 6.26. The molecule has 2 saturated carbocycles. The van der Waals surface area contributed by atoms with Crippen molar-refractivity contribution >= 4 is 5.97 Å². The van der Waals surface area contributed by atoms with Gasteiger partial charge in [-0.15, -0.1) is 0 Å². The molecule has 0 bridgehead atoms. The van der Waals surface area contributed by atoms with Crippen molar-refractivity contribution in [1.29, 1.82) is 0 Å². The molecular formula is C27H34O3. The number of carbonyl (C=O) groups excluding carboxylic acids is 1. The van der Waals surface area contributed by atoms with E-state index in [4.69, 9.17) is 9.47 Å². The third kappa shape index (κ3) is 4.88. The molecule has 30 heavy (non-hydrogen) atoms. The van der Waals surface area contributed by atoms with E-state index in [2.05, 4.69) is 49.4 Å². The van der Waals surface area contributed by atoms with Crippen LogP contribution >= 0.6 is 0 Å². The van der Waals surface area contributed by atoms with Crippen molar-refractivity contribution in [2.45, 2.75) is 57.8 Å². The number of methoxy groups -OCH3 is 1. The highest BCUT2D eigenvalue weighted by molar-refractivity contribution is 5.73. The van der Waals surface area contributed by atoms with Crippen molar-refractivity contribution in [2.75, 3.05) is 13.7 Å². The summed E-state index contributed by atoms with van der Waals surface area (Å²) in [6.45, 7) is 4.93. The standard InChI is InChI=1S/C27H34O3/c1-18-6-4-7-22(14-18)23-11-10-20(15-23)17-30-25-9-5-8-24(16-25)26(21-12-13-21)19(2)27(28)29-3/h4-9,14,16,19-21,23,26H,10-13,15,17H2,1-3H3/t19-,20?,23?,26-/m0/s1. The summed E-state index contributed by atoms with van der Waals surface area (Å²) in [6, 6.07) is 17.3. The molecule has 160 valence electrons. The third-order valence-electron chi connectivity index (χ3n) is 7.02. The lowest BCUT2D eigenvalue weighted by Crippen LogP contribution is -2.22. The Bertz CT molecular complexity index is 870. The van der Waals surface area contributed by atoms with Crippen LogP contribution in [0.1, 0.15) is 67.6 Å². The zero-order valence-electron chi connectivity index (χ0n) is 18.5. The van der Waals surface area contributed by atoms with Crippen molar-refractivity contribution < 1.29 is 14.3 Å². The third-order valence-corrected chi connectivity index (χ3v) is 7.02. The molecule has 3 heteroatoms. The van der Waals surface area contributed by atoms with E-state index in [1.165, 1.54) is 55.9 Å². The summed E-state index contributed by atoms with van der Waals surface area (Å²) in [7, 11) is 1.48. The molecule has 2 aromatic rings. The number of hydrogen-bond acceptors (Lipinski definition) is 3. The number of benzene rings is 2. The van der Waals surface area contributed by atoms with Gasteiger partial charge in [-0.05, 0) is 86.0 Å². The lowest BCUT2D eigenvalue weighted by atomic mass is 9.83. The molecule has 4 atom stereocenters. The average molecular weight is 407 g/mol. The van der Waals surface area contributed by atoms with Gasteiger partial charge < -0.3 is 9.47 Å². The quantitative estimate of drug-likeness (QED) is 0.485. The number of rotatable bonds is 8. The number of carbonyl (C=O) groups is 1. The fraction of sp³-hybridized carbons (Fsp3) is 0.519. The Kier molecular flexibility index (Phi) is 6.46. The largest absolute Gasteiger partial charge is 0.493 e. The van der Waals surface area contributed by atoms with Gasteiger partial charge in [-0.2, -0.15) is 0 Å². The molecule has 0 spiro atoms. The van der Waals surface area contributed by atoms with E-state index in [0.29, 0.717) is 17.8 Å². The Morgan fingerprint density at radius 2 is 1.87 bits per heavy atom. The highest BCUT2D eigenvalue weighted by Crippen LogP contribution is 2.47. The second-order valence-corrected chi connectivity index (χ2v) is 9.35. The van der Waals surface area contributed by atoms with Crippen LogP contribution in [0.4, 0.5) is 0 Å². The first kappa shape index (κ1) is 21.0. The van der Waals surface area contributed by atoms with E-state index < -0.39 is 0 Å². The van der Waals surface area contributed by atoms with Crippen LogP contribution in [0, 0.1) is 24.7 Å². The van der Waals surface area contributed by atoms with Gasteiger partial charge in [0.2, 0.25) is 0 Å². The zero-order valence-corrected chi connectivity index (χ0v) is 18.5. The highest BCUT2D eigenvalue weighted by Gasteiger charge is 2.39. The normalized spacial score (nSPS) is 23.0. The van der Waals surface area contributed by atoms with Crippen LogP contribution < -0.4 is 4.74 Å². The second kappa shape index (κ2) is 9.24. The SMILES string of the molecule is COC(=O)[C@@H](C)[C@H](c1cccc(OCC2CCC(c3cccc(C)c3)C2)c1)C1CC1. The van der Waals surface area contributed by atoms with Crippen molar-refractivity contribution in [3.63, 3.8) is 0 Å². The second-order valence-electron chi connectivity index (χ2n) is 9.35. The van der Waals surface area contributed by atoms with Crippen LogP contribution in [0.15, 0.2) is 48.5 Å². The summed E-state index contributed by atoms with van der Waals surface area (Å²) in [6.07, 6.45) is 6.06. The summed E-state index contributed by atoms with van der Waals surface area (Å²) >= 11 is 0. The molecule has 0 radical (unpaired) electrons. The van der Waals surface area contributed by atoms with E-state index in [1.807, 2.05) is 13.0 Å². The maximum absolute atomic E-state index is 12.2. The topological polar surface area (TPSA) is 35.5 Å². The molecule has 0 aliphatic heterocycles. The van der Waals surface area contributed by atoms with Gasteiger partial charge in [-0.3, -0.25) is 4.79 Å². The van der Waals surface area contributed by atoms with Gasteiger partial charge in [-0.25, -0.2) is 0 Å². The molecule has 2 fully saturated rings. The summed E-state index contributed by atoms with van der Waals surface area (Å²) in [4.78, 5) is 12.2. The maximum atomic E-state index is 12.2. The summed E-state index contributed by atoms with van der Waals surface area (Å²) < 4.78 is 11.3. The molecule has 0 amide bonds. The van der Waals surface area contributed by atoms with Gasteiger partial charge in [0.25, 0.3) is 0 Å². The fourth-order valence-corrected chi connectivity index (χ4v) is 5.24. The Balaban J connectivity index is 1.37. The minimum atomic E-state index is -0.123. The molecule has 0 aromatic heterocycles. The summed E-state index contributed by atoms with van der Waals surface area (Å²) in [5, 5.41) is 0. The minimum absolute atomic E-state index is 0.119. The van der Waals surface area contributed by atoms with Crippen LogP contribution in [0.25, 0.3) is 0 Å². The van der Waals surface area contributed by atoms with Gasteiger partial charge in [0, 0.05) is 0 Å². The molecule has 0 N–H and O–H groups in total. The first-order valence-electron chi connectivity index (χ1n) is 11.4. The Labute approximate surface area is 180 Å². The monoisotopic (exact) mass is 406 g/mol. The first-order chi connectivity index (χ1) is 14.5. The van der Waals surface area contributed by atoms with Crippen LogP contribution in [-0.4, -0.2) is 19.7 Å². The number of esters is 1. The number of aryl methyl sites for hydroxylation is 1. The minimum Gasteiger partial charge on any atom is -0.493 e. The van der Waals surface area contributed by atoms with Crippen LogP contribution in [-0.2, 0) is 9.53 Å². The van der Waals surface area contributed by atoms with Crippen molar-refractivity contribution in [1.82, 2.24) is 0 Å². The van der Waals surface area contributed by atoms with Gasteiger partial charge in [0.1, 0.15) is 5.75 Å². The van der Waals surface area contributed by atoms with Crippen LogP contribution in [0.5, 0.6) is 5.75 Å². The van der Waals surface area contributed by atoms with Gasteiger partial charge in [0.15, 0.2) is 0 Å². The average Bonchev–Trinajstić information content (AvgIpc) is 3.47. The molecule has 4 rings (SSSR count). The van der Waals surface area contributed by atoms with Crippen molar-refractivity contribution in [2.24, 2.45) is 17.8 Å². The zero-order chi connectivity index (χ0) is 21.1. The summed E-state index contributed by atoms with van der Waals surface area (Å²) in [5.74, 6) is 2.75. The smallest absolute Gasteiger partial charge is 0.309 e. The van der Waals surface area contributed by atoms with E-state index in [-0.39, 0.29) is 17.8 Å². The molecular weight excluding hydrogens is 372 g/mol. The number of ether oxygens (including phenoxy) is 2. The van der Waals surface area contributed by atoms with Crippen LogP contribution in [0.3, 0.4) is 0 Å². The van der Waals surface area contributed by atoms with Gasteiger partial charge in [0.05, 0.1) is 19.6 Å². The van der Waals surface area contributed by atoms with Gasteiger partial charge in [-0.1, -0.05) is 48.9 Å². The van der Waals surface area contributed by atoms with E-state index >= 15 is 0 Å². The maximum Gasteiger partial charge on any atom is 0.309 e. The number of hydrogen-bond donors (Lipinski definition) is 0. The molecule has 0 saturated heterocycles.